The smallest absolute Gasteiger partial charge is 0.269 e. The molecule has 0 spiro atoms. The van der Waals surface area contributed by atoms with E-state index in [1.807, 2.05) is 36.4 Å². The van der Waals surface area contributed by atoms with Gasteiger partial charge in [0, 0.05) is 17.7 Å². The van der Waals surface area contributed by atoms with E-state index in [0.29, 0.717) is 16.9 Å². The first-order valence-corrected chi connectivity index (χ1v) is 8.25. The summed E-state index contributed by atoms with van der Waals surface area (Å²) < 4.78 is 1.50. The lowest BCUT2D eigenvalue weighted by atomic mass is 10.0. The van der Waals surface area contributed by atoms with E-state index < -0.39 is 4.92 Å². The van der Waals surface area contributed by atoms with Gasteiger partial charge in [0.1, 0.15) is 0 Å². The highest BCUT2D eigenvalue weighted by Crippen LogP contribution is 2.21. The van der Waals surface area contributed by atoms with Crippen LogP contribution in [0.2, 0.25) is 0 Å². The summed E-state index contributed by atoms with van der Waals surface area (Å²) in [5.41, 5.74) is 1.95. The lowest BCUT2D eigenvalue weighted by molar-refractivity contribution is -0.384. The molecule has 0 amide bonds. The second-order valence-corrected chi connectivity index (χ2v) is 6.10. The average Bonchev–Trinajstić information content (AvgIpc) is 3.08. The van der Waals surface area contributed by atoms with Gasteiger partial charge in [-0.3, -0.25) is 14.9 Å². The van der Waals surface area contributed by atoms with E-state index in [9.17, 15) is 14.9 Å². The summed E-state index contributed by atoms with van der Waals surface area (Å²) in [5.74, 6) is -0.216. The van der Waals surface area contributed by atoms with Crippen LogP contribution in [0.3, 0.4) is 0 Å². The summed E-state index contributed by atoms with van der Waals surface area (Å²) in [6.07, 6.45) is 0. The molecule has 0 saturated heterocycles. The van der Waals surface area contributed by atoms with E-state index >= 15 is 0 Å². The molecule has 0 aliphatic heterocycles. The number of hydrogen-bond acceptors (Lipinski definition) is 5. The predicted octanol–water partition coefficient (Wildman–Crippen LogP) is 3.87. The van der Waals surface area contributed by atoms with Crippen LogP contribution in [0.4, 0.5) is 5.69 Å². The van der Waals surface area contributed by atoms with Gasteiger partial charge in [-0.05, 0) is 35.9 Å². The van der Waals surface area contributed by atoms with E-state index in [1.165, 1.54) is 16.8 Å². The Balaban J connectivity index is 1.70. The Hall–Kier alpha value is -3.87. The lowest BCUT2D eigenvalue weighted by Gasteiger charge is -2.04. The van der Waals surface area contributed by atoms with Gasteiger partial charge in [-0.2, -0.15) is 0 Å². The third-order valence-electron chi connectivity index (χ3n) is 4.43. The van der Waals surface area contributed by atoms with Crippen LogP contribution < -0.4 is 0 Å². The van der Waals surface area contributed by atoms with Gasteiger partial charge in [0.2, 0.25) is 5.78 Å². The van der Waals surface area contributed by atoms with Gasteiger partial charge in [0.05, 0.1) is 16.3 Å². The van der Waals surface area contributed by atoms with Crippen LogP contribution in [-0.4, -0.2) is 25.7 Å². The molecule has 27 heavy (non-hydrogen) atoms. The van der Waals surface area contributed by atoms with E-state index in [0.717, 1.165) is 10.8 Å². The molecule has 7 heteroatoms. The zero-order valence-electron chi connectivity index (χ0n) is 14.4. The molecule has 0 fully saturated rings. The number of nitrogens with zero attached hydrogens (tertiary/aromatic N) is 4. The van der Waals surface area contributed by atoms with E-state index in [1.54, 1.807) is 25.1 Å². The van der Waals surface area contributed by atoms with Crippen LogP contribution in [-0.2, 0) is 0 Å². The Morgan fingerprint density at radius 1 is 1.00 bits per heavy atom. The molecule has 0 atom stereocenters. The predicted molar refractivity (Wildman–Crippen MR) is 100 cm³/mol. The molecule has 1 heterocycles. The number of aromatic nitrogens is 3. The highest BCUT2D eigenvalue weighted by atomic mass is 16.6. The third kappa shape index (κ3) is 2.95. The highest BCUT2D eigenvalue weighted by molar-refractivity contribution is 6.10. The monoisotopic (exact) mass is 358 g/mol. The van der Waals surface area contributed by atoms with Gasteiger partial charge in [-0.1, -0.05) is 41.6 Å². The number of hydrogen-bond donors (Lipinski definition) is 0. The SMILES string of the molecule is Cc1c(C(=O)c2ccc3ccccc3c2)nnn1-c1ccc([N+](=O)[O-])cc1. The van der Waals surface area contributed by atoms with Crippen molar-refractivity contribution in [3.63, 3.8) is 0 Å². The fourth-order valence-corrected chi connectivity index (χ4v) is 2.97. The molecule has 132 valence electrons. The number of nitro groups is 1. The van der Waals surface area contributed by atoms with Crippen LogP contribution in [0.5, 0.6) is 0 Å². The Kier molecular flexibility index (Phi) is 3.97. The van der Waals surface area contributed by atoms with Crippen LogP contribution in [0.15, 0.2) is 66.7 Å². The van der Waals surface area contributed by atoms with Gasteiger partial charge < -0.3 is 0 Å². The Morgan fingerprint density at radius 2 is 1.70 bits per heavy atom. The lowest BCUT2D eigenvalue weighted by Crippen LogP contribution is -2.05. The second-order valence-electron chi connectivity index (χ2n) is 6.10. The minimum Gasteiger partial charge on any atom is -0.287 e. The fourth-order valence-electron chi connectivity index (χ4n) is 2.97. The quantitative estimate of drug-likeness (QED) is 0.314. The molecule has 3 aromatic carbocycles. The summed E-state index contributed by atoms with van der Waals surface area (Å²) in [6, 6.07) is 19.2. The van der Waals surface area contributed by atoms with Crippen LogP contribution in [0, 0.1) is 17.0 Å². The summed E-state index contributed by atoms with van der Waals surface area (Å²) in [7, 11) is 0. The third-order valence-corrected chi connectivity index (χ3v) is 4.43. The maximum Gasteiger partial charge on any atom is 0.269 e. The van der Waals surface area contributed by atoms with Crippen LogP contribution in [0.1, 0.15) is 21.7 Å². The summed E-state index contributed by atoms with van der Waals surface area (Å²) in [6.45, 7) is 1.75. The molecule has 4 aromatic rings. The van der Waals surface area contributed by atoms with E-state index in [2.05, 4.69) is 10.3 Å². The summed E-state index contributed by atoms with van der Waals surface area (Å²) in [5, 5.41) is 20.9. The van der Waals surface area contributed by atoms with Crippen molar-refractivity contribution in [2.24, 2.45) is 0 Å². The number of rotatable bonds is 4. The molecular formula is C20H14N4O3. The first-order valence-electron chi connectivity index (χ1n) is 8.25. The van der Waals surface area contributed by atoms with E-state index in [-0.39, 0.29) is 17.2 Å². The number of carbonyl (C=O) groups excluding carboxylic acids is 1. The van der Waals surface area contributed by atoms with E-state index in [4.69, 9.17) is 0 Å². The molecule has 0 unspecified atom stereocenters. The van der Waals surface area contributed by atoms with Crippen molar-refractivity contribution in [3.05, 3.63) is 93.8 Å². The topological polar surface area (TPSA) is 90.9 Å². The molecule has 7 nitrogen and oxygen atoms in total. The molecule has 1 aromatic heterocycles. The maximum atomic E-state index is 12.9. The van der Waals surface area contributed by atoms with Gasteiger partial charge >= 0.3 is 0 Å². The second kappa shape index (κ2) is 6.45. The van der Waals surface area contributed by atoms with Crippen molar-refractivity contribution < 1.29 is 9.72 Å². The largest absolute Gasteiger partial charge is 0.287 e. The van der Waals surface area contributed by atoms with Crippen molar-refractivity contribution >= 4 is 22.2 Å². The van der Waals surface area contributed by atoms with Gasteiger partial charge in [-0.25, -0.2) is 4.68 Å². The molecular weight excluding hydrogens is 344 g/mol. The Morgan fingerprint density at radius 3 is 2.41 bits per heavy atom. The van der Waals surface area contributed by atoms with Crippen molar-refractivity contribution in [1.82, 2.24) is 15.0 Å². The standard InChI is InChI=1S/C20H14N4O3/c1-13-19(20(25)16-7-6-14-4-2-3-5-15(14)12-16)21-22-23(13)17-8-10-18(11-9-17)24(26)27/h2-12H,1H3. The molecule has 0 aliphatic carbocycles. The number of nitro benzene ring substituents is 1. The molecule has 0 radical (unpaired) electrons. The van der Waals surface area contributed by atoms with Crippen molar-refractivity contribution in [2.75, 3.05) is 0 Å². The first kappa shape index (κ1) is 16.6. The molecule has 0 bridgehead atoms. The zero-order chi connectivity index (χ0) is 19.0. The normalized spacial score (nSPS) is 10.9. The minimum atomic E-state index is -0.466. The van der Waals surface area contributed by atoms with Gasteiger partial charge in [-0.15, -0.1) is 5.10 Å². The number of benzene rings is 3. The van der Waals surface area contributed by atoms with Gasteiger partial charge in [0.25, 0.3) is 5.69 Å². The molecule has 0 N–H and O–H groups in total. The Labute approximate surface area is 154 Å². The molecule has 4 rings (SSSR count). The van der Waals surface area contributed by atoms with Gasteiger partial charge in [0.15, 0.2) is 5.69 Å². The number of non-ortho nitro benzene ring substituents is 1. The average molecular weight is 358 g/mol. The summed E-state index contributed by atoms with van der Waals surface area (Å²) in [4.78, 5) is 23.2. The van der Waals surface area contributed by atoms with Crippen LogP contribution in [0.25, 0.3) is 16.5 Å². The minimum absolute atomic E-state index is 0.0102. The van der Waals surface area contributed by atoms with Crippen LogP contribution >= 0.6 is 0 Å². The van der Waals surface area contributed by atoms with Crippen molar-refractivity contribution in [1.29, 1.82) is 0 Å². The molecule has 0 saturated carbocycles. The maximum absolute atomic E-state index is 12.9. The van der Waals surface area contributed by atoms with Crippen molar-refractivity contribution in [3.8, 4) is 5.69 Å². The zero-order valence-corrected chi connectivity index (χ0v) is 14.4. The number of ketones is 1. The number of carbonyl (C=O) groups is 1. The highest BCUT2D eigenvalue weighted by Gasteiger charge is 2.19. The Bertz CT molecular complexity index is 1180. The number of fused-ring (bicyclic) bond motifs is 1. The first-order chi connectivity index (χ1) is 13.0. The molecule has 0 aliphatic rings. The summed E-state index contributed by atoms with van der Waals surface area (Å²) >= 11 is 0. The van der Waals surface area contributed by atoms with Crippen molar-refractivity contribution in [2.45, 2.75) is 6.92 Å². The fraction of sp³-hybridized carbons (Fsp3) is 0.0500.